The molecule has 0 radical (unpaired) electrons. The lowest BCUT2D eigenvalue weighted by Gasteiger charge is -2.34. The van der Waals surface area contributed by atoms with Crippen LogP contribution in [0.3, 0.4) is 0 Å². The second-order valence-electron chi connectivity index (χ2n) is 8.16. The molecule has 0 spiro atoms. The van der Waals surface area contributed by atoms with Crippen molar-refractivity contribution in [3.8, 4) is 5.69 Å². The monoisotopic (exact) mass is 602 g/mol. The maximum absolute atomic E-state index is 13.6. The minimum atomic E-state index is -0.403. The van der Waals surface area contributed by atoms with Crippen molar-refractivity contribution in [3.63, 3.8) is 0 Å². The second-order valence-corrected chi connectivity index (χ2v) is 9.87. The van der Waals surface area contributed by atoms with Crippen LogP contribution in [-0.2, 0) is 4.74 Å². The van der Waals surface area contributed by atoms with E-state index in [0.29, 0.717) is 35.6 Å². The third-order valence-corrected chi connectivity index (χ3v) is 7.28. The molecule has 1 amide bonds. The van der Waals surface area contributed by atoms with E-state index in [1.165, 1.54) is 12.1 Å². The van der Waals surface area contributed by atoms with E-state index in [0.717, 1.165) is 10.0 Å². The third-order valence-electron chi connectivity index (χ3n) is 5.97. The van der Waals surface area contributed by atoms with Crippen LogP contribution in [0.5, 0.6) is 0 Å². The number of amides is 1. The minimum Gasteiger partial charge on any atom is -0.377 e. The second kappa shape index (κ2) is 10.00. The molecule has 1 aliphatic heterocycles. The number of halogens is 3. The molecule has 180 valence electrons. The molecule has 0 N–H and O–H groups in total. The van der Waals surface area contributed by atoms with Crippen LogP contribution in [0.4, 0.5) is 4.39 Å². The number of rotatable bonds is 5. The van der Waals surface area contributed by atoms with Gasteiger partial charge in [0.2, 0.25) is 0 Å². The van der Waals surface area contributed by atoms with Gasteiger partial charge >= 0.3 is 0 Å². The van der Waals surface area contributed by atoms with Crippen LogP contribution in [0.25, 0.3) is 5.69 Å². The molecule has 35 heavy (non-hydrogen) atoms. The fourth-order valence-corrected chi connectivity index (χ4v) is 5.10. The average Bonchev–Trinajstić information content (AvgIpc) is 3.51. The molecular formula is C24H21Br2FN6O2. The number of carbonyl (C=O) groups excluding carboxylic acids is 1. The van der Waals surface area contributed by atoms with Crippen LogP contribution < -0.4 is 0 Å². The number of benzene rings is 2. The first kappa shape index (κ1) is 23.8. The van der Waals surface area contributed by atoms with E-state index in [-0.39, 0.29) is 23.5 Å². The SMILES string of the molecule is C[C@@H](c1ccccc1Br)n1cc(C2COCCN2C(=O)c2nn(-c3ccc(F)cc3)cc2Br)nn1. The smallest absolute Gasteiger partial charge is 0.276 e. The number of carbonyl (C=O) groups is 1. The summed E-state index contributed by atoms with van der Waals surface area (Å²) >= 11 is 7.05. The lowest BCUT2D eigenvalue weighted by Crippen LogP contribution is -2.43. The van der Waals surface area contributed by atoms with Crippen molar-refractivity contribution >= 4 is 37.8 Å². The van der Waals surface area contributed by atoms with Crippen molar-refractivity contribution in [2.24, 2.45) is 0 Å². The van der Waals surface area contributed by atoms with Gasteiger partial charge in [-0.25, -0.2) is 13.8 Å². The van der Waals surface area contributed by atoms with Gasteiger partial charge in [-0.1, -0.05) is 39.3 Å². The highest BCUT2D eigenvalue weighted by Crippen LogP contribution is 2.29. The van der Waals surface area contributed by atoms with Crippen LogP contribution in [0.15, 0.2) is 69.9 Å². The first-order valence-corrected chi connectivity index (χ1v) is 12.6. The lowest BCUT2D eigenvalue weighted by atomic mass is 10.1. The quantitative estimate of drug-likeness (QED) is 0.323. The Labute approximate surface area is 217 Å². The van der Waals surface area contributed by atoms with Crippen molar-refractivity contribution in [3.05, 3.63) is 92.6 Å². The third kappa shape index (κ3) is 4.80. The Balaban J connectivity index is 1.40. The number of morpholine rings is 1. The lowest BCUT2D eigenvalue weighted by molar-refractivity contribution is -0.00431. The summed E-state index contributed by atoms with van der Waals surface area (Å²) in [7, 11) is 0. The molecule has 1 aliphatic rings. The van der Waals surface area contributed by atoms with Crippen molar-refractivity contribution in [1.82, 2.24) is 29.7 Å². The Bertz CT molecular complexity index is 1360. The van der Waals surface area contributed by atoms with Crippen molar-refractivity contribution in [2.75, 3.05) is 19.8 Å². The van der Waals surface area contributed by atoms with Gasteiger partial charge in [0.15, 0.2) is 5.69 Å². The van der Waals surface area contributed by atoms with Gasteiger partial charge in [0.05, 0.1) is 35.6 Å². The van der Waals surface area contributed by atoms with Crippen LogP contribution in [-0.4, -0.2) is 55.3 Å². The predicted octanol–water partition coefficient (Wildman–Crippen LogP) is 4.95. The first-order chi connectivity index (χ1) is 16.9. The van der Waals surface area contributed by atoms with Gasteiger partial charge in [-0.15, -0.1) is 5.10 Å². The summed E-state index contributed by atoms with van der Waals surface area (Å²) in [5, 5.41) is 13.2. The van der Waals surface area contributed by atoms with Gasteiger partial charge in [0.1, 0.15) is 17.6 Å². The zero-order chi connectivity index (χ0) is 24.5. The molecule has 4 aromatic rings. The summed E-state index contributed by atoms with van der Waals surface area (Å²) in [6, 6.07) is 13.4. The highest BCUT2D eigenvalue weighted by molar-refractivity contribution is 9.10. The summed E-state index contributed by atoms with van der Waals surface area (Å²) in [4.78, 5) is 15.3. The normalized spacial score (nSPS) is 16.9. The molecule has 2 atom stereocenters. The largest absolute Gasteiger partial charge is 0.377 e. The molecular weight excluding hydrogens is 583 g/mol. The molecule has 8 nitrogen and oxygen atoms in total. The fraction of sp³-hybridized carbons (Fsp3) is 0.250. The van der Waals surface area contributed by atoms with Crippen molar-refractivity contribution < 1.29 is 13.9 Å². The molecule has 2 aromatic carbocycles. The number of aromatic nitrogens is 5. The molecule has 1 fully saturated rings. The van der Waals surface area contributed by atoms with E-state index in [1.807, 2.05) is 37.4 Å². The van der Waals surface area contributed by atoms with E-state index in [4.69, 9.17) is 4.74 Å². The van der Waals surface area contributed by atoms with E-state index in [1.54, 1.807) is 32.6 Å². The number of hydrogen-bond acceptors (Lipinski definition) is 5. The summed E-state index contributed by atoms with van der Waals surface area (Å²) < 4.78 is 23.9. The molecule has 1 unspecified atom stereocenters. The highest BCUT2D eigenvalue weighted by atomic mass is 79.9. The zero-order valence-corrected chi connectivity index (χ0v) is 21.9. The van der Waals surface area contributed by atoms with Gasteiger partial charge in [-0.2, -0.15) is 5.10 Å². The Morgan fingerprint density at radius 2 is 1.89 bits per heavy atom. The van der Waals surface area contributed by atoms with Gasteiger partial charge in [-0.3, -0.25) is 4.79 Å². The van der Waals surface area contributed by atoms with Crippen LogP contribution in [0, 0.1) is 5.82 Å². The predicted molar refractivity (Wildman–Crippen MR) is 134 cm³/mol. The molecule has 0 aliphatic carbocycles. The molecule has 2 aromatic heterocycles. The molecule has 1 saturated heterocycles. The minimum absolute atomic E-state index is 0.0546. The summed E-state index contributed by atoms with van der Waals surface area (Å²) in [6.07, 6.45) is 3.54. The van der Waals surface area contributed by atoms with E-state index >= 15 is 0 Å². The van der Waals surface area contributed by atoms with Gasteiger partial charge in [0, 0.05) is 17.2 Å². The fourth-order valence-electron chi connectivity index (χ4n) is 4.04. The highest BCUT2D eigenvalue weighted by Gasteiger charge is 2.34. The standard InChI is InChI=1S/C24H21Br2FN6O2/c1-15(18-4-2-3-5-19(18)25)32-13-21(28-30-32)22-14-35-11-10-31(22)24(34)23-20(26)12-33(29-23)17-8-6-16(27)7-9-17/h2-9,12-13,15,22H,10-11,14H2,1H3/t15-,22?/m0/s1. The van der Waals surface area contributed by atoms with Crippen molar-refractivity contribution in [1.29, 1.82) is 0 Å². The molecule has 0 saturated carbocycles. The van der Waals surface area contributed by atoms with Crippen molar-refractivity contribution in [2.45, 2.75) is 19.0 Å². The Morgan fingerprint density at radius 3 is 2.66 bits per heavy atom. The topological polar surface area (TPSA) is 78.1 Å². The summed E-state index contributed by atoms with van der Waals surface area (Å²) in [5.41, 5.74) is 2.63. The van der Waals surface area contributed by atoms with Crippen LogP contribution in [0.2, 0.25) is 0 Å². The number of nitrogens with zero attached hydrogens (tertiary/aromatic N) is 6. The summed E-state index contributed by atoms with van der Waals surface area (Å²) in [6.45, 7) is 3.16. The van der Waals surface area contributed by atoms with E-state index in [9.17, 15) is 9.18 Å². The maximum atomic E-state index is 13.6. The maximum Gasteiger partial charge on any atom is 0.276 e. The Morgan fingerprint density at radius 1 is 1.11 bits per heavy atom. The number of hydrogen-bond donors (Lipinski definition) is 0. The molecule has 0 bridgehead atoms. The first-order valence-electron chi connectivity index (χ1n) is 11.0. The Hall–Kier alpha value is -2.89. The molecule has 3 heterocycles. The molecule has 11 heteroatoms. The van der Waals surface area contributed by atoms with E-state index in [2.05, 4.69) is 47.3 Å². The number of ether oxygens (including phenoxy) is 1. The van der Waals surface area contributed by atoms with Gasteiger partial charge in [-0.05, 0) is 58.7 Å². The average molecular weight is 604 g/mol. The van der Waals surface area contributed by atoms with Gasteiger partial charge < -0.3 is 9.64 Å². The Kier molecular flexibility index (Phi) is 6.81. The molecule has 5 rings (SSSR count). The van der Waals surface area contributed by atoms with Gasteiger partial charge in [0.25, 0.3) is 5.91 Å². The van der Waals surface area contributed by atoms with Crippen LogP contribution in [0.1, 0.15) is 40.8 Å². The zero-order valence-electron chi connectivity index (χ0n) is 18.7. The summed E-state index contributed by atoms with van der Waals surface area (Å²) in [5.74, 6) is -0.589. The van der Waals surface area contributed by atoms with Crippen LogP contribution >= 0.6 is 31.9 Å². The van der Waals surface area contributed by atoms with E-state index < -0.39 is 6.04 Å².